The van der Waals surface area contributed by atoms with Crippen LogP contribution in [0.1, 0.15) is 97.8 Å². The van der Waals surface area contributed by atoms with E-state index in [0.717, 1.165) is 48.8 Å². The fourth-order valence-electron chi connectivity index (χ4n) is 4.10. The first-order valence-electron chi connectivity index (χ1n) is 13.2. The van der Waals surface area contributed by atoms with Crippen LogP contribution in [-0.4, -0.2) is 24.9 Å². The minimum atomic E-state index is -0.130. The summed E-state index contributed by atoms with van der Waals surface area (Å²) in [5.41, 5.74) is 0.730. The summed E-state index contributed by atoms with van der Waals surface area (Å²) in [5, 5.41) is 0.907. The molecule has 0 aliphatic rings. The summed E-state index contributed by atoms with van der Waals surface area (Å²) in [6.45, 7) is 8.50. The second-order valence-electron chi connectivity index (χ2n) is 8.88. The minimum Gasteiger partial charge on any atom is -0.494 e. The van der Waals surface area contributed by atoms with Crippen LogP contribution in [0.5, 0.6) is 17.2 Å². The normalized spacial score (nSPS) is 11.2. The van der Waals surface area contributed by atoms with Crippen molar-refractivity contribution < 1.29 is 14.2 Å². The number of aromatic nitrogens is 1. The fraction of sp³-hybridized carbons (Fsp3) is 0.679. The first-order chi connectivity index (χ1) is 16.2. The highest BCUT2D eigenvalue weighted by Crippen LogP contribution is 2.35. The third kappa shape index (κ3) is 8.28. The summed E-state index contributed by atoms with van der Waals surface area (Å²) in [5.74, 6) is 1.67. The van der Waals surface area contributed by atoms with Gasteiger partial charge < -0.3 is 18.8 Å². The molecule has 0 N–H and O–H groups in total. The molecular formula is C28H45NO4. The molecule has 0 saturated carbocycles. The van der Waals surface area contributed by atoms with E-state index in [1.807, 2.05) is 22.8 Å². The molecule has 0 saturated heterocycles. The summed E-state index contributed by atoms with van der Waals surface area (Å²) in [6.07, 6.45) is 13.8. The fourth-order valence-corrected chi connectivity index (χ4v) is 4.10. The Hall–Kier alpha value is -2.17. The number of ether oxygens (including phenoxy) is 3. The standard InChI is InChI=1S/C28H45NO4/c1-5-8-11-13-14-16-20-32-23-17-18-24-25(22-23)29(19-10-7-3)28(30)27(31-4)26(24)33-21-15-12-9-6-2/h17-18,22H,5-16,19-21H2,1-4H3. The van der Waals surface area contributed by atoms with E-state index in [1.54, 1.807) is 7.11 Å². The van der Waals surface area contributed by atoms with Crippen LogP contribution in [0.15, 0.2) is 23.0 Å². The van der Waals surface area contributed by atoms with Crippen LogP contribution >= 0.6 is 0 Å². The highest BCUT2D eigenvalue weighted by atomic mass is 16.5. The van der Waals surface area contributed by atoms with Gasteiger partial charge in [0.05, 0.1) is 25.8 Å². The number of rotatable bonds is 18. The molecule has 1 heterocycles. The molecule has 0 amide bonds. The van der Waals surface area contributed by atoms with Crippen LogP contribution < -0.4 is 19.8 Å². The molecule has 0 radical (unpaired) electrons. The predicted molar refractivity (Wildman–Crippen MR) is 138 cm³/mol. The lowest BCUT2D eigenvalue weighted by molar-refractivity contribution is 0.285. The van der Waals surface area contributed by atoms with E-state index in [1.165, 1.54) is 44.9 Å². The molecule has 0 bridgehead atoms. The lowest BCUT2D eigenvalue weighted by Gasteiger charge is -2.18. The zero-order valence-corrected chi connectivity index (χ0v) is 21.4. The Kier molecular flexibility index (Phi) is 12.8. The molecule has 0 unspecified atom stereocenters. The van der Waals surface area contributed by atoms with Gasteiger partial charge in [-0.25, -0.2) is 0 Å². The van der Waals surface area contributed by atoms with Crippen LogP contribution in [0.25, 0.3) is 10.9 Å². The number of pyridine rings is 1. The molecule has 2 rings (SSSR count). The van der Waals surface area contributed by atoms with Crippen LogP contribution in [0.4, 0.5) is 0 Å². The molecule has 0 fully saturated rings. The smallest absolute Gasteiger partial charge is 0.297 e. The lowest BCUT2D eigenvalue weighted by atomic mass is 10.1. The second kappa shape index (κ2) is 15.6. The largest absolute Gasteiger partial charge is 0.494 e. The van der Waals surface area contributed by atoms with Crippen molar-refractivity contribution in [2.45, 2.75) is 104 Å². The van der Waals surface area contributed by atoms with E-state index in [2.05, 4.69) is 20.8 Å². The number of aryl methyl sites for hydroxylation is 1. The number of hydrogen-bond acceptors (Lipinski definition) is 4. The van der Waals surface area contributed by atoms with E-state index in [-0.39, 0.29) is 5.56 Å². The summed E-state index contributed by atoms with van der Waals surface area (Å²) >= 11 is 0. The molecule has 5 heteroatoms. The van der Waals surface area contributed by atoms with Crippen LogP contribution in [0.3, 0.4) is 0 Å². The number of nitrogens with zero attached hydrogens (tertiary/aromatic N) is 1. The third-order valence-corrected chi connectivity index (χ3v) is 6.10. The van der Waals surface area contributed by atoms with Crippen LogP contribution in [-0.2, 0) is 6.54 Å². The van der Waals surface area contributed by atoms with Gasteiger partial charge in [-0.3, -0.25) is 4.79 Å². The zero-order valence-electron chi connectivity index (χ0n) is 21.4. The maximum Gasteiger partial charge on any atom is 0.297 e. The van der Waals surface area contributed by atoms with E-state index in [0.29, 0.717) is 31.3 Å². The highest BCUT2D eigenvalue weighted by molar-refractivity contribution is 5.89. The van der Waals surface area contributed by atoms with Gasteiger partial charge in [0.15, 0.2) is 5.75 Å². The molecule has 0 aliphatic carbocycles. The van der Waals surface area contributed by atoms with Crippen molar-refractivity contribution in [1.29, 1.82) is 0 Å². The van der Waals surface area contributed by atoms with E-state index in [4.69, 9.17) is 14.2 Å². The van der Waals surface area contributed by atoms with Crippen molar-refractivity contribution in [3.8, 4) is 17.2 Å². The Morgan fingerprint density at radius 2 is 1.33 bits per heavy atom. The van der Waals surface area contributed by atoms with Crippen LogP contribution in [0, 0.1) is 0 Å². The molecule has 0 spiro atoms. The van der Waals surface area contributed by atoms with E-state index in [9.17, 15) is 4.79 Å². The van der Waals surface area contributed by atoms with Gasteiger partial charge in [-0.1, -0.05) is 78.6 Å². The van der Waals surface area contributed by atoms with E-state index < -0.39 is 0 Å². The number of fused-ring (bicyclic) bond motifs is 1. The van der Waals surface area contributed by atoms with Gasteiger partial charge in [0.25, 0.3) is 5.56 Å². The number of unbranched alkanes of at least 4 members (excludes halogenated alkanes) is 9. The molecule has 0 atom stereocenters. The molecule has 5 nitrogen and oxygen atoms in total. The van der Waals surface area contributed by atoms with Crippen molar-refractivity contribution in [2.24, 2.45) is 0 Å². The van der Waals surface area contributed by atoms with Gasteiger partial charge in [-0.05, 0) is 31.4 Å². The summed E-state index contributed by atoms with van der Waals surface area (Å²) in [6, 6.07) is 5.99. The number of benzene rings is 1. The maximum atomic E-state index is 13.3. The average Bonchev–Trinajstić information content (AvgIpc) is 2.83. The molecular weight excluding hydrogens is 414 g/mol. The zero-order chi connectivity index (χ0) is 23.9. The van der Waals surface area contributed by atoms with Gasteiger partial charge in [0, 0.05) is 18.0 Å². The SMILES string of the molecule is CCCCCCCCOc1ccc2c(OCCCCCC)c(OC)c(=O)n(CCCC)c2c1. The quantitative estimate of drug-likeness (QED) is 0.216. The molecule has 33 heavy (non-hydrogen) atoms. The number of hydrogen-bond donors (Lipinski definition) is 0. The Morgan fingerprint density at radius 1 is 0.727 bits per heavy atom. The molecule has 2 aromatic rings. The van der Waals surface area contributed by atoms with Gasteiger partial charge >= 0.3 is 0 Å². The first kappa shape index (κ1) is 27.1. The van der Waals surface area contributed by atoms with Crippen LogP contribution in [0.2, 0.25) is 0 Å². The van der Waals surface area contributed by atoms with Gasteiger partial charge in [0.1, 0.15) is 5.75 Å². The van der Waals surface area contributed by atoms with Gasteiger partial charge in [-0.15, -0.1) is 0 Å². The summed E-state index contributed by atoms with van der Waals surface area (Å²) in [7, 11) is 1.55. The van der Waals surface area contributed by atoms with Crippen molar-refractivity contribution in [3.05, 3.63) is 28.6 Å². The summed E-state index contributed by atoms with van der Waals surface area (Å²) in [4.78, 5) is 13.3. The highest BCUT2D eigenvalue weighted by Gasteiger charge is 2.19. The minimum absolute atomic E-state index is 0.130. The van der Waals surface area contributed by atoms with E-state index >= 15 is 0 Å². The number of methoxy groups -OCH3 is 1. The lowest BCUT2D eigenvalue weighted by Crippen LogP contribution is -2.23. The van der Waals surface area contributed by atoms with Gasteiger partial charge in [-0.2, -0.15) is 0 Å². The van der Waals surface area contributed by atoms with Crippen molar-refractivity contribution in [1.82, 2.24) is 4.57 Å². The first-order valence-corrected chi connectivity index (χ1v) is 13.2. The third-order valence-electron chi connectivity index (χ3n) is 6.10. The average molecular weight is 460 g/mol. The Labute approximate surface area is 200 Å². The Bertz CT molecular complexity index is 874. The second-order valence-corrected chi connectivity index (χ2v) is 8.88. The molecule has 1 aromatic heterocycles. The van der Waals surface area contributed by atoms with Crippen molar-refractivity contribution in [2.75, 3.05) is 20.3 Å². The topological polar surface area (TPSA) is 49.7 Å². The van der Waals surface area contributed by atoms with Crippen molar-refractivity contribution in [3.63, 3.8) is 0 Å². The molecule has 1 aromatic carbocycles. The molecule has 0 aliphatic heterocycles. The van der Waals surface area contributed by atoms with Crippen molar-refractivity contribution >= 4 is 10.9 Å². The van der Waals surface area contributed by atoms with Gasteiger partial charge in [0.2, 0.25) is 5.75 Å². The monoisotopic (exact) mass is 459 g/mol. The Balaban J connectivity index is 2.24. The predicted octanol–water partition coefficient (Wildman–Crippen LogP) is 7.51. The summed E-state index contributed by atoms with van der Waals surface area (Å²) < 4.78 is 19.6. The molecule has 186 valence electrons. The maximum absolute atomic E-state index is 13.3. The Morgan fingerprint density at radius 3 is 2.00 bits per heavy atom.